The zero-order chi connectivity index (χ0) is 30.5. The molecule has 3 unspecified atom stereocenters. The molecule has 0 aromatic carbocycles. The number of aliphatic hydroxyl groups is 2. The van der Waals surface area contributed by atoms with E-state index in [2.05, 4.69) is 33.2 Å². The van der Waals surface area contributed by atoms with Gasteiger partial charge in [-0.3, -0.25) is 0 Å². The monoisotopic (exact) mass is 582 g/mol. The average Bonchev–Trinajstić information content (AvgIpc) is 3.67. The quantitative estimate of drug-likeness (QED) is 0.266. The van der Waals surface area contributed by atoms with Crippen molar-refractivity contribution < 1.29 is 81.6 Å². The maximum Gasteiger partial charge on any atom is 0.509 e. The summed E-state index contributed by atoms with van der Waals surface area (Å²) in [6, 6.07) is 0. The molecule has 2 N–H and O–H groups in total. The predicted octanol–water partition coefficient (Wildman–Crippen LogP) is -0.138. The maximum atomic E-state index is 11.7. The molecule has 3 atom stereocenters. The number of carbonyl (C=O) groups excluding carboxylic acids is 6. The van der Waals surface area contributed by atoms with Crippen molar-refractivity contribution in [2.45, 2.75) is 46.0 Å². The summed E-state index contributed by atoms with van der Waals surface area (Å²) in [7, 11) is 1.22. The number of methoxy groups -OCH3 is 1. The van der Waals surface area contributed by atoms with Gasteiger partial charge in [0.1, 0.15) is 19.8 Å². The number of esters is 3. The number of ether oxygens (including phenoxy) is 9. The third kappa shape index (κ3) is 12.3. The van der Waals surface area contributed by atoms with Crippen LogP contribution >= 0.6 is 0 Å². The highest BCUT2D eigenvalue weighted by Crippen LogP contribution is 2.19. The van der Waals surface area contributed by atoms with E-state index >= 15 is 0 Å². The molecule has 0 saturated carbocycles. The van der Waals surface area contributed by atoms with Crippen LogP contribution in [0.1, 0.15) is 27.7 Å². The van der Waals surface area contributed by atoms with Crippen LogP contribution in [0.25, 0.3) is 0 Å². The minimum Gasteiger partial charge on any atom is -0.466 e. The van der Waals surface area contributed by atoms with Crippen LogP contribution in [0.15, 0.2) is 0 Å². The van der Waals surface area contributed by atoms with Gasteiger partial charge in [0.05, 0.1) is 33.5 Å². The molecule has 3 heterocycles. The lowest BCUT2D eigenvalue weighted by Gasteiger charge is -2.24. The van der Waals surface area contributed by atoms with E-state index in [4.69, 9.17) is 19.7 Å². The van der Waals surface area contributed by atoms with Crippen molar-refractivity contribution in [3.63, 3.8) is 0 Å². The van der Waals surface area contributed by atoms with E-state index in [-0.39, 0.29) is 51.7 Å². The molecular formula is C23H34O17. The molecule has 3 fully saturated rings. The van der Waals surface area contributed by atoms with Crippen LogP contribution in [0, 0.1) is 10.8 Å². The van der Waals surface area contributed by atoms with Gasteiger partial charge in [0.2, 0.25) is 18.3 Å². The van der Waals surface area contributed by atoms with Crippen LogP contribution < -0.4 is 0 Å². The highest BCUT2D eigenvalue weighted by Gasteiger charge is 2.36. The standard InChI is InChI=1S/C13H16O10.C5H6O5.C5H12O2/c1-13(2,5-20-9(14)7-3-18-11(16)22-7)6-21-10(15)8-4-19-12(17)23-8;1-8-4(6)3-2-9-5(7)10-3;1-5(2,3-6)4-7/h7-8H,3-6H2,1-2H3;3H,2H2,1H3;6-7H,3-4H2,1-2H3. The molecule has 40 heavy (non-hydrogen) atoms. The third-order valence-corrected chi connectivity index (χ3v) is 4.83. The van der Waals surface area contributed by atoms with Crippen molar-refractivity contribution in [1.82, 2.24) is 0 Å². The van der Waals surface area contributed by atoms with Crippen LogP contribution in [-0.2, 0) is 57.0 Å². The second-order valence-electron chi connectivity index (χ2n) is 9.89. The van der Waals surface area contributed by atoms with Crippen LogP contribution in [-0.4, -0.2) is 118 Å². The van der Waals surface area contributed by atoms with Crippen LogP contribution in [0.3, 0.4) is 0 Å². The van der Waals surface area contributed by atoms with Gasteiger partial charge in [-0.25, -0.2) is 28.8 Å². The van der Waals surface area contributed by atoms with Gasteiger partial charge >= 0.3 is 36.4 Å². The first-order chi connectivity index (χ1) is 18.6. The first-order valence-electron chi connectivity index (χ1n) is 11.8. The Morgan fingerprint density at radius 2 is 1.00 bits per heavy atom. The second-order valence-corrected chi connectivity index (χ2v) is 9.89. The van der Waals surface area contributed by atoms with E-state index in [0.29, 0.717) is 0 Å². The maximum absolute atomic E-state index is 11.7. The fourth-order valence-electron chi connectivity index (χ4n) is 2.27. The Balaban J connectivity index is 0.000000385. The van der Waals surface area contributed by atoms with E-state index in [1.54, 1.807) is 27.7 Å². The van der Waals surface area contributed by atoms with Gasteiger partial charge in [0.25, 0.3) is 0 Å². The van der Waals surface area contributed by atoms with Crippen molar-refractivity contribution in [1.29, 1.82) is 0 Å². The predicted molar refractivity (Wildman–Crippen MR) is 124 cm³/mol. The number of cyclic esters (lactones) is 6. The highest BCUT2D eigenvalue weighted by atomic mass is 16.8. The van der Waals surface area contributed by atoms with E-state index in [9.17, 15) is 28.8 Å². The molecule has 0 radical (unpaired) electrons. The van der Waals surface area contributed by atoms with E-state index in [1.165, 1.54) is 7.11 Å². The molecule has 3 aliphatic rings. The molecule has 0 aromatic heterocycles. The van der Waals surface area contributed by atoms with Crippen molar-refractivity contribution in [2.24, 2.45) is 10.8 Å². The van der Waals surface area contributed by atoms with Gasteiger partial charge in [0, 0.05) is 10.8 Å². The minimum atomic E-state index is -1.09. The molecule has 0 spiro atoms. The van der Waals surface area contributed by atoms with Crippen LogP contribution in [0.4, 0.5) is 14.4 Å². The number of hydrogen-bond donors (Lipinski definition) is 2. The Labute approximate surface area is 228 Å². The van der Waals surface area contributed by atoms with E-state index in [1.807, 2.05) is 0 Å². The lowest BCUT2D eigenvalue weighted by molar-refractivity contribution is -0.161. The molecule has 0 aromatic rings. The lowest BCUT2D eigenvalue weighted by Crippen LogP contribution is -2.34. The summed E-state index contributed by atoms with van der Waals surface area (Å²) in [4.78, 5) is 65.6. The number of aliphatic hydroxyl groups excluding tert-OH is 2. The second kappa shape index (κ2) is 15.7. The Morgan fingerprint density at radius 1 is 0.675 bits per heavy atom. The molecule has 17 heteroatoms. The zero-order valence-electron chi connectivity index (χ0n) is 22.7. The van der Waals surface area contributed by atoms with Crippen LogP contribution in [0.2, 0.25) is 0 Å². The summed E-state index contributed by atoms with van der Waals surface area (Å²) >= 11 is 0. The SMILES string of the molecule is CC(C)(CO)CO.CC(C)(COC(=O)C1COC(=O)O1)COC(=O)C1COC(=O)O1.COC(=O)C1COC(=O)O1. The Hall–Kier alpha value is -3.86. The number of hydrogen-bond acceptors (Lipinski definition) is 17. The van der Waals surface area contributed by atoms with Crippen LogP contribution in [0.5, 0.6) is 0 Å². The zero-order valence-corrected chi connectivity index (χ0v) is 22.7. The van der Waals surface area contributed by atoms with Crippen molar-refractivity contribution in [3.8, 4) is 0 Å². The summed E-state index contributed by atoms with van der Waals surface area (Å²) in [5.74, 6) is -2.08. The summed E-state index contributed by atoms with van der Waals surface area (Å²) in [6.45, 7) is 6.49. The highest BCUT2D eigenvalue weighted by molar-refractivity contribution is 5.80. The molecule has 3 rings (SSSR count). The van der Waals surface area contributed by atoms with E-state index in [0.717, 1.165) is 0 Å². The molecule has 3 saturated heterocycles. The summed E-state index contributed by atoms with van der Waals surface area (Å²) in [5.41, 5.74) is -1.00. The molecule has 0 bridgehead atoms. The Kier molecular flexibility index (Phi) is 13.4. The Morgan fingerprint density at radius 3 is 1.23 bits per heavy atom. The fourth-order valence-corrected chi connectivity index (χ4v) is 2.27. The average molecular weight is 583 g/mol. The van der Waals surface area contributed by atoms with Gasteiger partial charge in [-0.2, -0.15) is 0 Å². The first kappa shape index (κ1) is 34.2. The van der Waals surface area contributed by atoms with Gasteiger partial charge in [-0.05, 0) is 0 Å². The topological polar surface area (TPSA) is 226 Å². The lowest BCUT2D eigenvalue weighted by atomic mass is 9.96. The molecule has 0 aliphatic carbocycles. The number of carbonyl (C=O) groups is 6. The van der Waals surface area contributed by atoms with Crippen molar-refractivity contribution >= 4 is 36.4 Å². The molecule has 17 nitrogen and oxygen atoms in total. The van der Waals surface area contributed by atoms with Gasteiger partial charge in [-0.1, -0.05) is 27.7 Å². The minimum absolute atomic E-state index is 0.0451. The van der Waals surface area contributed by atoms with Gasteiger partial charge in [-0.15, -0.1) is 0 Å². The summed E-state index contributed by atoms with van der Waals surface area (Å²) in [5, 5.41) is 16.9. The van der Waals surface area contributed by atoms with Crippen molar-refractivity contribution in [2.75, 3.05) is 53.4 Å². The van der Waals surface area contributed by atoms with E-state index < -0.39 is 60.1 Å². The van der Waals surface area contributed by atoms with Gasteiger partial charge < -0.3 is 52.8 Å². The molecule has 228 valence electrons. The normalized spacial score (nSPS) is 21.4. The Bertz CT molecular complexity index is 861. The molecule has 0 amide bonds. The largest absolute Gasteiger partial charge is 0.509 e. The van der Waals surface area contributed by atoms with Crippen molar-refractivity contribution in [3.05, 3.63) is 0 Å². The number of rotatable bonds is 9. The smallest absolute Gasteiger partial charge is 0.466 e. The first-order valence-corrected chi connectivity index (χ1v) is 11.8. The summed E-state index contributed by atoms with van der Waals surface area (Å²) < 4.78 is 41.1. The third-order valence-electron chi connectivity index (χ3n) is 4.83. The summed E-state index contributed by atoms with van der Waals surface area (Å²) in [6.07, 6.45) is -5.72. The molecular weight excluding hydrogens is 548 g/mol. The molecule has 3 aliphatic heterocycles. The van der Waals surface area contributed by atoms with Gasteiger partial charge in [0.15, 0.2) is 0 Å². The fraction of sp³-hybridized carbons (Fsp3) is 0.739.